The lowest BCUT2D eigenvalue weighted by atomic mass is 10.1. The summed E-state index contributed by atoms with van der Waals surface area (Å²) < 4.78 is 0. The minimum Gasteiger partial charge on any atom is -0.352 e. The second kappa shape index (κ2) is 4.11. The molecule has 1 fully saturated rings. The molecule has 1 aromatic rings. The van der Waals surface area contributed by atoms with Gasteiger partial charge in [-0.3, -0.25) is 0 Å². The van der Waals surface area contributed by atoms with E-state index in [1.165, 1.54) is 0 Å². The molecule has 0 aliphatic carbocycles. The Kier molecular flexibility index (Phi) is 2.80. The Bertz CT molecular complexity index is 435. The summed E-state index contributed by atoms with van der Waals surface area (Å²) in [6, 6.07) is 6.40. The van der Waals surface area contributed by atoms with Crippen LogP contribution in [0.5, 0.6) is 0 Å². The SMILES string of the molecule is Cc1nc(N2CCC(N)C2C)ccc1C#N. The van der Waals surface area contributed by atoms with Crippen LogP contribution in [0.3, 0.4) is 0 Å². The molecule has 2 atom stereocenters. The normalized spacial score (nSPS) is 24.5. The first kappa shape index (κ1) is 10.9. The van der Waals surface area contributed by atoms with Crippen molar-refractivity contribution in [2.45, 2.75) is 32.4 Å². The van der Waals surface area contributed by atoms with Gasteiger partial charge < -0.3 is 10.6 Å². The molecule has 2 unspecified atom stereocenters. The van der Waals surface area contributed by atoms with Gasteiger partial charge in [0.2, 0.25) is 0 Å². The number of nitrogens with zero attached hydrogens (tertiary/aromatic N) is 3. The van der Waals surface area contributed by atoms with E-state index in [9.17, 15) is 0 Å². The first-order valence-corrected chi connectivity index (χ1v) is 5.53. The van der Waals surface area contributed by atoms with Crippen LogP contribution < -0.4 is 10.6 Å². The average molecular weight is 216 g/mol. The van der Waals surface area contributed by atoms with Crippen molar-refractivity contribution in [2.24, 2.45) is 5.73 Å². The van der Waals surface area contributed by atoms with Crippen LogP contribution in [-0.4, -0.2) is 23.6 Å². The number of nitriles is 1. The quantitative estimate of drug-likeness (QED) is 0.765. The fourth-order valence-electron chi connectivity index (χ4n) is 2.11. The summed E-state index contributed by atoms with van der Waals surface area (Å²) in [5.41, 5.74) is 7.40. The molecule has 4 heteroatoms. The lowest BCUT2D eigenvalue weighted by Gasteiger charge is -2.24. The van der Waals surface area contributed by atoms with Crippen molar-refractivity contribution in [3.63, 3.8) is 0 Å². The summed E-state index contributed by atoms with van der Waals surface area (Å²) >= 11 is 0. The summed E-state index contributed by atoms with van der Waals surface area (Å²) in [5.74, 6) is 0.928. The Morgan fingerprint density at radius 3 is 2.81 bits per heavy atom. The van der Waals surface area contributed by atoms with Crippen molar-refractivity contribution in [3.8, 4) is 6.07 Å². The third-order valence-electron chi connectivity index (χ3n) is 3.30. The second-order valence-corrected chi connectivity index (χ2v) is 4.30. The largest absolute Gasteiger partial charge is 0.352 e. The summed E-state index contributed by atoms with van der Waals surface area (Å²) in [5, 5.41) is 8.85. The molecule has 1 aliphatic heterocycles. The van der Waals surface area contributed by atoms with Gasteiger partial charge >= 0.3 is 0 Å². The predicted molar refractivity (Wildman–Crippen MR) is 63.1 cm³/mol. The number of hydrogen-bond donors (Lipinski definition) is 1. The maximum absolute atomic E-state index is 8.85. The average Bonchev–Trinajstić information content (AvgIpc) is 2.60. The molecular formula is C12H16N4. The van der Waals surface area contributed by atoms with Gasteiger partial charge in [0.1, 0.15) is 11.9 Å². The third-order valence-corrected chi connectivity index (χ3v) is 3.30. The Morgan fingerprint density at radius 2 is 2.31 bits per heavy atom. The summed E-state index contributed by atoms with van der Waals surface area (Å²) in [7, 11) is 0. The molecule has 4 nitrogen and oxygen atoms in total. The van der Waals surface area contributed by atoms with E-state index in [1.807, 2.05) is 19.1 Å². The van der Waals surface area contributed by atoms with Crippen LogP contribution in [-0.2, 0) is 0 Å². The molecule has 0 spiro atoms. The van der Waals surface area contributed by atoms with Gasteiger partial charge in [-0.25, -0.2) is 4.98 Å². The Morgan fingerprint density at radius 1 is 1.56 bits per heavy atom. The van der Waals surface area contributed by atoms with Crippen LogP contribution in [0.4, 0.5) is 5.82 Å². The van der Waals surface area contributed by atoms with Gasteiger partial charge in [-0.2, -0.15) is 5.26 Å². The number of nitrogens with two attached hydrogens (primary N) is 1. The molecule has 2 N–H and O–H groups in total. The van der Waals surface area contributed by atoms with Crippen molar-refractivity contribution in [3.05, 3.63) is 23.4 Å². The lowest BCUT2D eigenvalue weighted by molar-refractivity contribution is 0.621. The number of hydrogen-bond acceptors (Lipinski definition) is 4. The van der Waals surface area contributed by atoms with Gasteiger partial charge in [0, 0.05) is 18.6 Å². The molecular weight excluding hydrogens is 200 g/mol. The van der Waals surface area contributed by atoms with Crippen LogP contribution >= 0.6 is 0 Å². The second-order valence-electron chi connectivity index (χ2n) is 4.30. The predicted octanol–water partition coefficient (Wildman–Crippen LogP) is 1.19. The topological polar surface area (TPSA) is 65.9 Å². The number of anilines is 1. The molecule has 2 rings (SSSR count). The van der Waals surface area contributed by atoms with Crippen LogP contribution in [0.25, 0.3) is 0 Å². The standard InChI is InChI=1S/C12H16N4/c1-8-10(7-13)3-4-12(15-8)16-6-5-11(14)9(16)2/h3-4,9,11H,5-6,14H2,1-2H3. The van der Waals surface area contributed by atoms with E-state index in [4.69, 9.17) is 11.0 Å². The summed E-state index contributed by atoms with van der Waals surface area (Å²) in [6.07, 6.45) is 1.00. The van der Waals surface area contributed by atoms with Gasteiger partial charge in [0.05, 0.1) is 11.3 Å². The van der Waals surface area contributed by atoms with E-state index in [-0.39, 0.29) is 6.04 Å². The third kappa shape index (κ3) is 1.74. The molecule has 0 amide bonds. The Labute approximate surface area is 95.7 Å². The van der Waals surface area contributed by atoms with E-state index in [0.717, 1.165) is 24.5 Å². The molecule has 84 valence electrons. The van der Waals surface area contributed by atoms with Crippen molar-refractivity contribution in [1.29, 1.82) is 5.26 Å². The fourth-order valence-corrected chi connectivity index (χ4v) is 2.11. The zero-order chi connectivity index (χ0) is 11.7. The van der Waals surface area contributed by atoms with Gasteiger partial charge in [-0.05, 0) is 32.4 Å². The highest BCUT2D eigenvalue weighted by Gasteiger charge is 2.28. The van der Waals surface area contributed by atoms with Crippen LogP contribution in [0.1, 0.15) is 24.6 Å². The van der Waals surface area contributed by atoms with Crippen molar-refractivity contribution in [1.82, 2.24) is 4.98 Å². The number of aryl methyl sites for hydroxylation is 1. The van der Waals surface area contributed by atoms with E-state index >= 15 is 0 Å². The van der Waals surface area contributed by atoms with Crippen LogP contribution in [0, 0.1) is 18.3 Å². The molecule has 0 radical (unpaired) electrons. The molecule has 1 aliphatic rings. The highest BCUT2D eigenvalue weighted by molar-refractivity contribution is 5.47. The molecule has 0 aromatic carbocycles. The van der Waals surface area contributed by atoms with Crippen molar-refractivity contribution in [2.75, 3.05) is 11.4 Å². The smallest absolute Gasteiger partial charge is 0.129 e. The van der Waals surface area contributed by atoms with E-state index in [1.54, 1.807) is 0 Å². The van der Waals surface area contributed by atoms with Gasteiger partial charge in [0.15, 0.2) is 0 Å². The Balaban J connectivity index is 2.29. The molecule has 0 saturated carbocycles. The molecule has 1 saturated heterocycles. The zero-order valence-electron chi connectivity index (χ0n) is 9.64. The van der Waals surface area contributed by atoms with Gasteiger partial charge in [-0.15, -0.1) is 0 Å². The minimum atomic E-state index is 0.220. The van der Waals surface area contributed by atoms with Crippen LogP contribution in [0.2, 0.25) is 0 Å². The minimum absolute atomic E-state index is 0.220. The highest BCUT2D eigenvalue weighted by atomic mass is 15.2. The van der Waals surface area contributed by atoms with E-state index in [0.29, 0.717) is 11.6 Å². The first-order valence-electron chi connectivity index (χ1n) is 5.53. The van der Waals surface area contributed by atoms with Gasteiger partial charge in [-0.1, -0.05) is 0 Å². The summed E-state index contributed by atoms with van der Waals surface area (Å²) in [6.45, 7) is 4.93. The first-order chi connectivity index (χ1) is 7.63. The molecule has 0 bridgehead atoms. The van der Waals surface area contributed by atoms with E-state index < -0.39 is 0 Å². The van der Waals surface area contributed by atoms with Crippen LogP contribution in [0.15, 0.2) is 12.1 Å². The molecule has 2 heterocycles. The van der Waals surface area contributed by atoms with E-state index in [2.05, 4.69) is 22.9 Å². The monoisotopic (exact) mass is 216 g/mol. The highest BCUT2D eigenvalue weighted by Crippen LogP contribution is 2.23. The number of aromatic nitrogens is 1. The van der Waals surface area contributed by atoms with Gasteiger partial charge in [0.25, 0.3) is 0 Å². The maximum Gasteiger partial charge on any atom is 0.129 e. The van der Waals surface area contributed by atoms with Crippen molar-refractivity contribution < 1.29 is 0 Å². The zero-order valence-corrected chi connectivity index (χ0v) is 9.64. The lowest BCUT2D eigenvalue weighted by Crippen LogP contribution is -2.37. The molecule has 1 aromatic heterocycles. The molecule has 16 heavy (non-hydrogen) atoms. The summed E-state index contributed by atoms with van der Waals surface area (Å²) in [4.78, 5) is 6.67. The fraction of sp³-hybridized carbons (Fsp3) is 0.500. The Hall–Kier alpha value is -1.60. The number of rotatable bonds is 1. The number of pyridine rings is 1. The maximum atomic E-state index is 8.85. The van der Waals surface area contributed by atoms with Crippen molar-refractivity contribution >= 4 is 5.82 Å².